The monoisotopic (exact) mass is 393 g/mol. The molecule has 152 valence electrons. The molecule has 0 unspecified atom stereocenters. The van der Waals surface area contributed by atoms with Gasteiger partial charge in [0.15, 0.2) is 0 Å². The lowest BCUT2D eigenvalue weighted by Crippen LogP contribution is -2.67. The van der Waals surface area contributed by atoms with Gasteiger partial charge in [0, 0.05) is 36.7 Å². The molecule has 0 bridgehead atoms. The van der Waals surface area contributed by atoms with Crippen molar-refractivity contribution in [2.24, 2.45) is 5.41 Å². The molecule has 4 rings (SSSR count). The van der Waals surface area contributed by atoms with Gasteiger partial charge < -0.3 is 20.3 Å². The largest absolute Gasteiger partial charge is 0.497 e. The number of amides is 3. The molecule has 2 aromatic carbocycles. The summed E-state index contributed by atoms with van der Waals surface area (Å²) in [7, 11) is 1.63. The number of rotatable bonds is 5. The fourth-order valence-corrected chi connectivity index (χ4v) is 4.38. The van der Waals surface area contributed by atoms with Crippen molar-refractivity contribution < 1.29 is 14.3 Å². The first kappa shape index (κ1) is 19.3. The highest BCUT2D eigenvalue weighted by Crippen LogP contribution is 2.48. The average molecular weight is 393 g/mol. The minimum absolute atomic E-state index is 0.105. The van der Waals surface area contributed by atoms with Gasteiger partial charge in [-0.2, -0.15) is 0 Å². The molecule has 1 saturated carbocycles. The molecule has 2 N–H and O–H groups in total. The van der Waals surface area contributed by atoms with E-state index in [1.807, 2.05) is 60.4 Å². The molecule has 6 nitrogen and oxygen atoms in total. The van der Waals surface area contributed by atoms with E-state index in [4.69, 9.17) is 4.74 Å². The Morgan fingerprint density at radius 3 is 2.52 bits per heavy atom. The fourth-order valence-electron chi connectivity index (χ4n) is 4.38. The molecule has 2 aromatic rings. The van der Waals surface area contributed by atoms with Crippen LogP contribution in [0.2, 0.25) is 0 Å². The molecule has 3 amide bonds. The second-order valence-electron chi connectivity index (χ2n) is 8.31. The van der Waals surface area contributed by atoms with Gasteiger partial charge in [-0.1, -0.05) is 29.8 Å². The highest BCUT2D eigenvalue weighted by Gasteiger charge is 2.54. The standard InChI is InChI=1S/C23H27N3O3/c1-16-4-3-5-18(10-16)21(27)26-14-23(15-26)11-19(12-23)25-22(28)24-13-17-6-8-20(29-2)9-7-17/h3-10,19H,11-15H2,1-2H3,(H2,24,25,28). The van der Waals surface area contributed by atoms with Crippen molar-refractivity contribution in [2.75, 3.05) is 20.2 Å². The molecule has 6 heteroatoms. The summed E-state index contributed by atoms with van der Waals surface area (Å²) < 4.78 is 5.13. The normalized spacial score (nSPS) is 17.2. The first-order valence-electron chi connectivity index (χ1n) is 10.00. The molecule has 2 fully saturated rings. The van der Waals surface area contributed by atoms with Crippen molar-refractivity contribution in [3.8, 4) is 5.75 Å². The molecule has 1 spiro atoms. The molecule has 1 aliphatic carbocycles. The molecule has 1 saturated heterocycles. The van der Waals surface area contributed by atoms with E-state index >= 15 is 0 Å². The molecule has 0 aromatic heterocycles. The van der Waals surface area contributed by atoms with E-state index < -0.39 is 0 Å². The highest BCUT2D eigenvalue weighted by atomic mass is 16.5. The Bertz CT molecular complexity index is 896. The maximum Gasteiger partial charge on any atom is 0.315 e. The third-order valence-electron chi connectivity index (χ3n) is 5.91. The molecule has 29 heavy (non-hydrogen) atoms. The van der Waals surface area contributed by atoms with Gasteiger partial charge >= 0.3 is 6.03 Å². The van der Waals surface area contributed by atoms with Crippen molar-refractivity contribution in [3.63, 3.8) is 0 Å². The van der Waals surface area contributed by atoms with Crippen LogP contribution in [0.5, 0.6) is 5.75 Å². The van der Waals surface area contributed by atoms with Gasteiger partial charge in [-0.3, -0.25) is 4.79 Å². The van der Waals surface area contributed by atoms with Crippen LogP contribution in [0, 0.1) is 12.3 Å². The van der Waals surface area contributed by atoms with Crippen LogP contribution in [0.25, 0.3) is 0 Å². The zero-order valence-electron chi connectivity index (χ0n) is 16.9. The van der Waals surface area contributed by atoms with Crippen LogP contribution >= 0.6 is 0 Å². The number of hydrogen-bond donors (Lipinski definition) is 2. The number of urea groups is 1. The summed E-state index contributed by atoms with van der Waals surface area (Å²) in [5, 5.41) is 5.93. The third-order valence-corrected chi connectivity index (χ3v) is 5.91. The molecule has 2 aliphatic rings. The number of hydrogen-bond acceptors (Lipinski definition) is 3. The van der Waals surface area contributed by atoms with Gasteiger partial charge in [0.1, 0.15) is 5.75 Å². The van der Waals surface area contributed by atoms with Crippen LogP contribution in [0.1, 0.15) is 34.3 Å². The number of likely N-dealkylation sites (tertiary alicyclic amines) is 1. The summed E-state index contributed by atoms with van der Waals surface area (Å²) in [4.78, 5) is 26.6. The van der Waals surface area contributed by atoms with E-state index in [2.05, 4.69) is 10.6 Å². The SMILES string of the molecule is COc1ccc(CNC(=O)NC2CC3(C2)CN(C(=O)c2cccc(C)c2)C3)cc1. The third kappa shape index (κ3) is 4.21. The highest BCUT2D eigenvalue weighted by molar-refractivity contribution is 5.95. The average Bonchev–Trinajstić information content (AvgIpc) is 2.67. The van der Waals surface area contributed by atoms with E-state index in [0.29, 0.717) is 6.54 Å². The summed E-state index contributed by atoms with van der Waals surface area (Å²) >= 11 is 0. The molecule has 1 heterocycles. The van der Waals surface area contributed by atoms with Crippen LogP contribution in [0.4, 0.5) is 4.79 Å². The van der Waals surface area contributed by atoms with Gasteiger partial charge in [0.05, 0.1) is 7.11 Å². The quantitative estimate of drug-likeness (QED) is 0.820. The maximum atomic E-state index is 12.6. The Morgan fingerprint density at radius 2 is 1.86 bits per heavy atom. The summed E-state index contributed by atoms with van der Waals surface area (Å²) in [6.07, 6.45) is 1.86. The van der Waals surface area contributed by atoms with Crippen LogP contribution < -0.4 is 15.4 Å². The number of carbonyl (C=O) groups is 2. The zero-order chi connectivity index (χ0) is 20.4. The van der Waals surface area contributed by atoms with Gasteiger partial charge in [-0.25, -0.2) is 4.79 Å². The molecular weight excluding hydrogens is 366 g/mol. The van der Waals surface area contributed by atoms with Crippen LogP contribution in [0.15, 0.2) is 48.5 Å². The molecule has 1 aliphatic heterocycles. The maximum absolute atomic E-state index is 12.6. The number of methoxy groups -OCH3 is 1. The van der Waals surface area contributed by atoms with Crippen molar-refractivity contribution in [3.05, 3.63) is 65.2 Å². The van der Waals surface area contributed by atoms with Crippen molar-refractivity contribution >= 4 is 11.9 Å². The summed E-state index contributed by atoms with van der Waals surface area (Å²) in [6.45, 7) is 4.04. The Labute approximate surface area is 171 Å². The Hall–Kier alpha value is -3.02. The van der Waals surface area contributed by atoms with Crippen LogP contribution in [-0.2, 0) is 6.54 Å². The smallest absolute Gasteiger partial charge is 0.315 e. The lowest BCUT2D eigenvalue weighted by molar-refractivity contribution is -0.0585. The summed E-state index contributed by atoms with van der Waals surface area (Å²) in [6, 6.07) is 15.4. The summed E-state index contributed by atoms with van der Waals surface area (Å²) in [5.74, 6) is 0.904. The van der Waals surface area contributed by atoms with Gasteiger partial charge in [0.25, 0.3) is 5.91 Å². The van der Waals surface area contributed by atoms with Crippen LogP contribution in [-0.4, -0.2) is 43.1 Å². The van der Waals surface area contributed by atoms with Gasteiger partial charge in [-0.15, -0.1) is 0 Å². The first-order valence-corrected chi connectivity index (χ1v) is 10.00. The fraction of sp³-hybridized carbons (Fsp3) is 0.391. The number of nitrogens with zero attached hydrogens (tertiary/aromatic N) is 1. The lowest BCUT2D eigenvalue weighted by atomic mass is 9.60. The molecular formula is C23H27N3O3. The minimum Gasteiger partial charge on any atom is -0.497 e. The predicted molar refractivity (Wildman–Crippen MR) is 111 cm³/mol. The Kier molecular flexibility index (Phi) is 5.18. The van der Waals surface area contributed by atoms with Crippen molar-refractivity contribution in [2.45, 2.75) is 32.4 Å². The number of ether oxygens (including phenoxy) is 1. The van der Waals surface area contributed by atoms with E-state index in [9.17, 15) is 9.59 Å². The lowest BCUT2D eigenvalue weighted by Gasteiger charge is -2.59. The number of nitrogens with one attached hydrogen (secondary N) is 2. The van der Waals surface area contributed by atoms with Crippen molar-refractivity contribution in [1.29, 1.82) is 0 Å². The topological polar surface area (TPSA) is 70.7 Å². The summed E-state index contributed by atoms with van der Waals surface area (Å²) in [5.41, 5.74) is 3.06. The Balaban J connectivity index is 1.18. The minimum atomic E-state index is -0.146. The second kappa shape index (κ2) is 7.78. The molecule has 0 radical (unpaired) electrons. The molecule has 0 atom stereocenters. The van der Waals surface area contributed by atoms with E-state index in [1.165, 1.54) is 0 Å². The number of aryl methyl sites for hydroxylation is 1. The van der Waals surface area contributed by atoms with Crippen molar-refractivity contribution in [1.82, 2.24) is 15.5 Å². The number of benzene rings is 2. The van der Waals surface area contributed by atoms with Gasteiger partial charge in [-0.05, 0) is 49.6 Å². The van der Waals surface area contributed by atoms with E-state index in [0.717, 1.165) is 48.4 Å². The van der Waals surface area contributed by atoms with Gasteiger partial charge in [0.2, 0.25) is 0 Å². The number of carbonyl (C=O) groups excluding carboxylic acids is 2. The predicted octanol–water partition coefficient (Wildman–Crippen LogP) is 3.11. The van der Waals surface area contributed by atoms with E-state index in [1.54, 1.807) is 7.11 Å². The zero-order valence-corrected chi connectivity index (χ0v) is 16.9. The van der Waals surface area contributed by atoms with E-state index in [-0.39, 0.29) is 23.4 Å². The first-order chi connectivity index (χ1) is 14.0. The Morgan fingerprint density at radius 1 is 1.14 bits per heavy atom. The van der Waals surface area contributed by atoms with Crippen LogP contribution in [0.3, 0.4) is 0 Å². The second-order valence-corrected chi connectivity index (χ2v) is 8.31.